The average molecular weight is 355 g/mol. The second-order valence-corrected chi connectivity index (χ2v) is 8.39. The van der Waals surface area contributed by atoms with Crippen LogP contribution in [-0.4, -0.2) is 10.9 Å². The van der Waals surface area contributed by atoms with Crippen molar-refractivity contribution in [2.45, 2.75) is 33.6 Å². The Bertz CT molecular complexity index is 915. The third-order valence-corrected chi connectivity index (χ3v) is 6.67. The Morgan fingerprint density at radius 1 is 1.28 bits per heavy atom. The van der Waals surface area contributed by atoms with Crippen molar-refractivity contribution in [3.05, 3.63) is 57.6 Å². The van der Waals surface area contributed by atoms with Crippen LogP contribution >= 0.6 is 11.3 Å². The number of nitrogens with zero attached hydrogens (tertiary/aromatic N) is 3. The molecule has 3 nitrogen and oxygen atoms in total. The number of hydrogen-bond acceptors (Lipinski definition) is 3. The molecule has 2 bridgehead atoms. The summed E-state index contributed by atoms with van der Waals surface area (Å²) < 4.78 is 14.9. The number of rotatable bonds is 3. The second kappa shape index (κ2) is 6.06. The van der Waals surface area contributed by atoms with Crippen molar-refractivity contribution in [3.8, 4) is 0 Å². The van der Waals surface area contributed by atoms with E-state index in [0.717, 1.165) is 28.5 Å². The summed E-state index contributed by atoms with van der Waals surface area (Å²) in [5, 5.41) is 6.75. The smallest absolute Gasteiger partial charge is 0.211 e. The number of hydrogen-bond donors (Lipinski definition) is 0. The van der Waals surface area contributed by atoms with Gasteiger partial charge in [0, 0.05) is 5.38 Å². The van der Waals surface area contributed by atoms with E-state index in [-0.39, 0.29) is 5.82 Å². The van der Waals surface area contributed by atoms with Crippen LogP contribution < -0.4 is 4.80 Å². The van der Waals surface area contributed by atoms with Crippen molar-refractivity contribution in [2.75, 3.05) is 0 Å². The Hall–Kier alpha value is -2.01. The third-order valence-electron chi connectivity index (χ3n) is 5.73. The van der Waals surface area contributed by atoms with Gasteiger partial charge in [-0.05, 0) is 66.9 Å². The molecule has 0 saturated heterocycles. The van der Waals surface area contributed by atoms with Crippen molar-refractivity contribution in [1.29, 1.82) is 0 Å². The van der Waals surface area contributed by atoms with Gasteiger partial charge in [-0.15, -0.1) is 11.3 Å². The van der Waals surface area contributed by atoms with E-state index in [9.17, 15) is 4.39 Å². The first-order chi connectivity index (χ1) is 11.9. The number of aromatic nitrogens is 1. The van der Waals surface area contributed by atoms with Crippen LogP contribution in [0.3, 0.4) is 0 Å². The summed E-state index contributed by atoms with van der Waals surface area (Å²) in [5.41, 5.74) is 3.51. The number of allylic oxidation sites excluding steroid dienone is 2. The normalized spacial score (nSPS) is 25.1. The molecule has 130 valence electrons. The molecule has 0 aliphatic heterocycles. The molecular weight excluding hydrogens is 333 g/mol. The van der Waals surface area contributed by atoms with Crippen LogP contribution in [0.5, 0.6) is 0 Å². The molecule has 3 aliphatic carbocycles. The zero-order valence-corrected chi connectivity index (χ0v) is 15.6. The van der Waals surface area contributed by atoms with Gasteiger partial charge in [-0.25, -0.2) is 14.1 Å². The third kappa shape index (κ3) is 2.91. The molecule has 5 rings (SSSR count). The van der Waals surface area contributed by atoms with E-state index in [2.05, 4.69) is 24.9 Å². The van der Waals surface area contributed by atoms with Gasteiger partial charge in [0.15, 0.2) is 0 Å². The van der Waals surface area contributed by atoms with E-state index in [4.69, 9.17) is 5.10 Å². The first kappa shape index (κ1) is 16.5. The lowest BCUT2D eigenvalue weighted by atomic mass is 9.49. The zero-order valence-electron chi connectivity index (χ0n) is 14.7. The maximum Gasteiger partial charge on any atom is 0.211 e. The van der Waals surface area contributed by atoms with E-state index in [1.165, 1.54) is 24.1 Å². The molecule has 1 aromatic heterocycles. The molecule has 0 radical (unpaired) electrons. The highest BCUT2D eigenvalue weighted by molar-refractivity contribution is 7.07. The zero-order chi connectivity index (χ0) is 17.6. The lowest BCUT2D eigenvalue weighted by Gasteiger charge is -2.55. The Balaban J connectivity index is 1.65. The standard InChI is InChI=1S/C20H22FN3S/c1-13-12-25-19(23-17-8-6-16(21)7-9-17)24(13)22-11-14-4-5-15-10-18(14)20(15,2)3/h4,6-9,11-12,15,18H,5,10H2,1-3H3. The minimum absolute atomic E-state index is 0.252. The van der Waals surface area contributed by atoms with Crippen LogP contribution in [0.2, 0.25) is 0 Å². The van der Waals surface area contributed by atoms with E-state index >= 15 is 0 Å². The Morgan fingerprint density at radius 2 is 2.04 bits per heavy atom. The molecule has 3 aliphatic rings. The summed E-state index contributed by atoms with van der Waals surface area (Å²) >= 11 is 1.54. The molecule has 25 heavy (non-hydrogen) atoms. The molecule has 0 amide bonds. The molecule has 2 unspecified atom stereocenters. The largest absolute Gasteiger partial charge is 0.220 e. The number of benzene rings is 1. The van der Waals surface area contributed by atoms with Crippen LogP contribution in [0.4, 0.5) is 10.1 Å². The first-order valence-electron chi connectivity index (χ1n) is 8.67. The molecule has 1 fully saturated rings. The summed E-state index contributed by atoms with van der Waals surface area (Å²) in [6.45, 7) is 6.76. The monoisotopic (exact) mass is 355 g/mol. The highest BCUT2D eigenvalue weighted by Gasteiger charge is 2.50. The molecule has 5 heteroatoms. The number of thiazole rings is 1. The molecule has 1 heterocycles. The fourth-order valence-corrected chi connectivity index (χ4v) is 4.72. The first-order valence-corrected chi connectivity index (χ1v) is 9.55. The maximum absolute atomic E-state index is 13.1. The Kier molecular flexibility index (Phi) is 3.99. The van der Waals surface area contributed by atoms with Crippen LogP contribution in [0.1, 0.15) is 32.4 Å². The predicted octanol–water partition coefficient (Wildman–Crippen LogP) is 5.06. The second-order valence-electron chi connectivity index (χ2n) is 7.55. The molecule has 0 spiro atoms. The summed E-state index contributed by atoms with van der Waals surface area (Å²) in [6, 6.07) is 6.21. The molecule has 1 saturated carbocycles. The maximum atomic E-state index is 13.1. The average Bonchev–Trinajstić information content (AvgIpc) is 2.95. The lowest BCUT2D eigenvalue weighted by Crippen LogP contribution is -2.48. The minimum atomic E-state index is -0.252. The molecule has 0 N–H and O–H groups in total. The van der Waals surface area contributed by atoms with Crippen LogP contribution in [0, 0.1) is 30.0 Å². The molecular formula is C20H22FN3S. The van der Waals surface area contributed by atoms with E-state index in [1.54, 1.807) is 23.5 Å². The Labute approximate surface area is 151 Å². The van der Waals surface area contributed by atoms with Gasteiger partial charge in [0.2, 0.25) is 4.80 Å². The number of fused-ring (bicyclic) bond motifs is 1. The predicted molar refractivity (Wildman–Crippen MR) is 101 cm³/mol. The van der Waals surface area contributed by atoms with Gasteiger partial charge in [-0.3, -0.25) is 0 Å². The van der Waals surface area contributed by atoms with Crippen molar-refractivity contribution < 1.29 is 4.39 Å². The van der Waals surface area contributed by atoms with E-state index in [1.807, 2.05) is 23.2 Å². The lowest BCUT2D eigenvalue weighted by molar-refractivity contribution is -0.00127. The molecule has 1 aromatic carbocycles. The van der Waals surface area contributed by atoms with Crippen molar-refractivity contribution in [1.82, 2.24) is 4.68 Å². The van der Waals surface area contributed by atoms with Gasteiger partial charge in [0.25, 0.3) is 0 Å². The molecule has 2 aromatic rings. The SMILES string of the molecule is Cc1csc(=Nc2ccc(F)cc2)n1N=CC1=CCC2CC1C2(C)C. The number of halogens is 1. The fraction of sp³-hybridized carbons (Fsp3) is 0.400. The Morgan fingerprint density at radius 3 is 2.72 bits per heavy atom. The van der Waals surface area contributed by atoms with Gasteiger partial charge in [0.1, 0.15) is 5.82 Å². The van der Waals surface area contributed by atoms with Gasteiger partial charge in [0.05, 0.1) is 17.6 Å². The topological polar surface area (TPSA) is 29.6 Å². The van der Waals surface area contributed by atoms with Gasteiger partial charge in [-0.1, -0.05) is 19.9 Å². The van der Waals surface area contributed by atoms with Crippen molar-refractivity contribution in [3.63, 3.8) is 0 Å². The van der Waals surface area contributed by atoms with E-state index < -0.39 is 0 Å². The van der Waals surface area contributed by atoms with Gasteiger partial charge >= 0.3 is 0 Å². The van der Waals surface area contributed by atoms with Gasteiger partial charge in [-0.2, -0.15) is 5.10 Å². The number of aryl methyl sites for hydroxylation is 1. The fourth-order valence-electron chi connectivity index (χ4n) is 3.90. The van der Waals surface area contributed by atoms with Crippen molar-refractivity contribution in [2.24, 2.45) is 27.3 Å². The summed E-state index contributed by atoms with van der Waals surface area (Å²) in [5.74, 6) is 1.19. The summed E-state index contributed by atoms with van der Waals surface area (Å²) in [6.07, 6.45) is 6.79. The quantitative estimate of drug-likeness (QED) is 0.689. The van der Waals surface area contributed by atoms with Crippen LogP contribution in [-0.2, 0) is 0 Å². The highest BCUT2D eigenvalue weighted by Crippen LogP contribution is 2.58. The van der Waals surface area contributed by atoms with E-state index in [0.29, 0.717) is 11.3 Å². The van der Waals surface area contributed by atoms with Gasteiger partial charge < -0.3 is 0 Å². The van der Waals surface area contributed by atoms with Crippen molar-refractivity contribution >= 4 is 23.2 Å². The molecule has 2 atom stereocenters. The summed E-state index contributed by atoms with van der Waals surface area (Å²) in [4.78, 5) is 5.40. The highest BCUT2D eigenvalue weighted by atomic mass is 32.1. The summed E-state index contributed by atoms with van der Waals surface area (Å²) in [7, 11) is 0. The van der Waals surface area contributed by atoms with Crippen LogP contribution in [0.15, 0.2) is 51.4 Å². The minimum Gasteiger partial charge on any atom is -0.220 e. The van der Waals surface area contributed by atoms with Crippen LogP contribution in [0.25, 0.3) is 0 Å².